The van der Waals surface area contributed by atoms with Crippen LogP contribution in [-0.2, 0) is 5.60 Å². The summed E-state index contributed by atoms with van der Waals surface area (Å²) in [6.45, 7) is 0. The number of aliphatic hydroxyl groups is 1. The summed E-state index contributed by atoms with van der Waals surface area (Å²) in [6, 6.07) is 6.37. The molecule has 0 aliphatic rings. The summed E-state index contributed by atoms with van der Waals surface area (Å²) in [5.74, 6) is -7.42. The third kappa shape index (κ3) is 3.84. The van der Waals surface area contributed by atoms with Gasteiger partial charge in [0.15, 0.2) is 5.60 Å². The van der Waals surface area contributed by atoms with Crippen molar-refractivity contribution >= 4 is 0 Å². The Hall–Kier alpha value is -2.56. The first-order valence-corrected chi connectivity index (χ1v) is 7.40. The third-order valence-corrected chi connectivity index (χ3v) is 3.79. The van der Waals surface area contributed by atoms with Crippen LogP contribution in [0, 0.1) is 0 Å². The quantitative estimate of drug-likeness (QED) is 0.696. The van der Waals surface area contributed by atoms with Crippen molar-refractivity contribution in [3.05, 3.63) is 59.7 Å². The highest BCUT2D eigenvalue weighted by atomic mass is 19.4. The molecule has 1 unspecified atom stereocenters. The van der Waals surface area contributed by atoms with Gasteiger partial charge in [-0.15, -0.1) is 13.2 Å². The van der Waals surface area contributed by atoms with Gasteiger partial charge in [0.1, 0.15) is 11.5 Å². The van der Waals surface area contributed by atoms with E-state index in [2.05, 4.69) is 4.74 Å². The fraction of sp³-hybridized carbons (Fsp3) is 0.294. The molecule has 0 aliphatic carbocycles. The van der Waals surface area contributed by atoms with Crippen LogP contribution in [0.15, 0.2) is 48.5 Å². The van der Waals surface area contributed by atoms with Crippen LogP contribution >= 0.6 is 0 Å². The van der Waals surface area contributed by atoms with Crippen molar-refractivity contribution < 1.29 is 49.7 Å². The molecule has 0 spiro atoms. The normalized spacial score (nSPS) is 15.1. The zero-order valence-corrected chi connectivity index (χ0v) is 13.9. The van der Waals surface area contributed by atoms with Crippen molar-refractivity contribution in [1.29, 1.82) is 0 Å². The van der Waals surface area contributed by atoms with E-state index in [1.54, 1.807) is 0 Å². The first-order valence-electron chi connectivity index (χ1n) is 7.40. The second kappa shape index (κ2) is 7.12. The lowest BCUT2D eigenvalue weighted by atomic mass is 9.80. The van der Waals surface area contributed by atoms with Gasteiger partial charge >= 0.3 is 18.5 Å². The molecule has 28 heavy (non-hydrogen) atoms. The van der Waals surface area contributed by atoms with E-state index in [9.17, 15) is 40.2 Å². The first kappa shape index (κ1) is 21.7. The number of rotatable bonds is 5. The van der Waals surface area contributed by atoms with Crippen LogP contribution in [0.3, 0.4) is 0 Å². The van der Waals surface area contributed by atoms with Gasteiger partial charge < -0.3 is 14.6 Å². The summed E-state index contributed by atoms with van der Waals surface area (Å²) in [5, 5.41) is 10.7. The van der Waals surface area contributed by atoms with Crippen LogP contribution in [0.2, 0.25) is 0 Å². The second-order valence-corrected chi connectivity index (χ2v) is 5.56. The molecule has 0 aliphatic heterocycles. The highest BCUT2D eigenvalue weighted by Gasteiger charge is 2.71. The van der Waals surface area contributed by atoms with Crippen molar-refractivity contribution in [2.24, 2.45) is 0 Å². The molecule has 0 saturated carbocycles. The average molecular weight is 416 g/mol. The van der Waals surface area contributed by atoms with E-state index in [0.29, 0.717) is 12.1 Å². The Kier molecular flexibility index (Phi) is 5.52. The van der Waals surface area contributed by atoms with Gasteiger partial charge in [-0.05, 0) is 23.8 Å². The van der Waals surface area contributed by atoms with E-state index in [0.717, 1.165) is 31.4 Å². The SMILES string of the molecule is COc1ccccc1C(O)(c1cccc(OC(F)(F)F)c1)C(F)(F)C(F)(F)F. The molecule has 0 fully saturated rings. The van der Waals surface area contributed by atoms with Crippen molar-refractivity contribution in [1.82, 2.24) is 0 Å². The van der Waals surface area contributed by atoms with Crippen LogP contribution in [0.1, 0.15) is 11.1 Å². The molecule has 0 heterocycles. The van der Waals surface area contributed by atoms with Crippen molar-refractivity contribution in [3.8, 4) is 11.5 Å². The zero-order valence-electron chi connectivity index (χ0n) is 13.9. The van der Waals surface area contributed by atoms with Crippen LogP contribution in [-0.4, -0.2) is 30.7 Å². The number of benzene rings is 2. The topological polar surface area (TPSA) is 38.7 Å². The molecule has 3 nitrogen and oxygen atoms in total. The lowest BCUT2D eigenvalue weighted by Gasteiger charge is -2.38. The van der Waals surface area contributed by atoms with Gasteiger partial charge in [-0.2, -0.15) is 22.0 Å². The molecule has 0 bridgehead atoms. The lowest BCUT2D eigenvalue weighted by molar-refractivity contribution is -0.336. The standard InChI is InChI=1S/C17H12F8O3/c1-27-13-8-3-2-7-12(13)14(26,15(18,19)16(20,21)22)10-5-4-6-11(9-10)28-17(23,24)25/h2-9,26H,1H3. The minimum absolute atomic E-state index is 0.250. The van der Waals surface area contributed by atoms with E-state index in [-0.39, 0.29) is 6.07 Å². The Balaban J connectivity index is 2.79. The largest absolute Gasteiger partial charge is 0.573 e. The van der Waals surface area contributed by atoms with Crippen LogP contribution in [0.5, 0.6) is 11.5 Å². The maximum atomic E-state index is 14.4. The molecule has 2 aromatic rings. The molecule has 2 rings (SSSR count). The molecule has 0 saturated heterocycles. The van der Waals surface area contributed by atoms with Crippen molar-refractivity contribution in [2.75, 3.05) is 7.11 Å². The minimum atomic E-state index is -6.25. The zero-order chi connectivity index (χ0) is 21.4. The third-order valence-electron chi connectivity index (χ3n) is 3.79. The number of halogens is 8. The summed E-state index contributed by atoms with van der Waals surface area (Å²) in [7, 11) is 0.966. The minimum Gasteiger partial charge on any atom is -0.496 e. The van der Waals surface area contributed by atoms with Crippen LogP contribution in [0.4, 0.5) is 35.1 Å². The fourth-order valence-corrected chi connectivity index (χ4v) is 2.57. The summed E-state index contributed by atoms with van der Waals surface area (Å²) in [4.78, 5) is 0. The highest BCUT2D eigenvalue weighted by Crippen LogP contribution is 2.53. The molecule has 1 atom stereocenters. The van der Waals surface area contributed by atoms with E-state index in [4.69, 9.17) is 4.74 Å². The smallest absolute Gasteiger partial charge is 0.496 e. The Labute approximate surface area is 153 Å². The molecular formula is C17H12F8O3. The van der Waals surface area contributed by atoms with Gasteiger partial charge in [0.05, 0.1) is 7.11 Å². The van der Waals surface area contributed by atoms with Gasteiger partial charge in [-0.1, -0.05) is 30.3 Å². The first-order chi connectivity index (χ1) is 12.7. The highest BCUT2D eigenvalue weighted by molar-refractivity contribution is 5.49. The molecule has 0 amide bonds. The predicted molar refractivity (Wildman–Crippen MR) is 80.1 cm³/mol. The van der Waals surface area contributed by atoms with Crippen molar-refractivity contribution in [2.45, 2.75) is 24.1 Å². The number of hydrogen-bond donors (Lipinski definition) is 1. The van der Waals surface area contributed by atoms with E-state index in [1.807, 2.05) is 0 Å². The Morgan fingerprint density at radius 1 is 0.821 bits per heavy atom. The van der Waals surface area contributed by atoms with Crippen LogP contribution in [0.25, 0.3) is 0 Å². The Morgan fingerprint density at radius 3 is 1.96 bits per heavy atom. The van der Waals surface area contributed by atoms with Crippen molar-refractivity contribution in [3.63, 3.8) is 0 Å². The average Bonchev–Trinajstić information content (AvgIpc) is 2.58. The van der Waals surface area contributed by atoms with E-state index >= 15 is 0 Å². The Bertz CT molecular complexity index is 832. The van der Waals surface area contributed by atoms with Gasteiger partial charge in [0.25, 0.3) is 0 Å². The molecule has 11 heteroatoms. The van der Waals surface area contributed by atoms with Crippen LogP contribution < -0.4 is 9.47 Å². The van der Waals surface area contributed by atoms with E-state index < -0.39 is 46.7 Å². The fourth-order valence-electron chi connectivity index (χ4n) is 2.57. The number of hydrogen-bond acceptors (Lipinski definition) is 3. The number of methoxy groups -OCH3 is 1. The molecule has 2 aromatic carbocycles. The summed E-state index contributed by atoms with van der Waals surface area (Å²) < 4.78 is 114. The summed E-state index contributed by atoms with van der Waals surface area (Å²) in [5.41, 5.74) is -6.28. The predicted octanol–water partition coefficient (Wildman–Crippen LogP) is 5.03. The molecule has 0 radical (unpaired) electrons. The molecule has 1 N–H and O–H groups in total. The van der Waals surface area contributed by atoms with Gasteiger partial charge in [0, 0.05) is 5.56 Å². The molecule has 154 valence electrons. The number of para-hydroxylation sites is 1. The number of ether oxygens (including phenoxy) is 2. The molecule has 0 aromatic heterocycles. The monoisotopic (exact) mass is 416 g/mol. The van der Waals surface area contributed by atoms with Gasteiger partial charge in [-0.3, -0.25) is 0 Å². The van der Waals surface area contributed by atoms with Gasteiger partial charge in [0.2, 0.25) is 0 Å². The summed E-state index contributed by atoms with van der Waals surface area (Å²) in [6.07, 6.45) is -11.5. The maximum absolute atomic E-state index is 14.4. The number of alkyl halides is 8. The lowest BCUT2D eigenvalue weighted by Crippen LogP contribution is -2.55. The molecular weight excluding hydrogens is 404 g/mol. The second-order valence-electron chi connectivity index (χ2n) is 5.56. The summed E-state index contributed by atoms with van der Waals surface area (Å²) >= 11 is 0. The maximum Gasteiger partial charge on any atom is 0.573 e. The van der Waals surface area contributed by atoms with E-state index in [1.165, 1.54) is 6.07 Å². The van der Waals surface area contributed by atoms with Gasteiger partial charge in [-0.25, -0.2) is 0 Å². The Morgan fingerprint density at radius 2 is 1.43 bits per heavy atom.